The van der Waals surface area contributed by atoms with E-state index in [9.17, 15) is 4.79 Å². The molecule has 3 rings (SSSR count). The van der Waals surface area contributed by atoms with Crippen molar-refractivity contribution < 1.29 is 14.3 Å². The van der Waals surface area contributed by atoms with Gasteiger partial charge in [0.1, 0.15) is 6.10 Å². The number of carbonyl (C=O) groups is 1. The van der Waals surface area contributed by atoms with Gasteiger partial charge in [-0.2, -0.15) is 0 Å². The molecule has 3 aliphatic rings. The van der Waals surface area contributed by atoms with Gasteiger partial charge in [-0.25, -0.2) is 0 Å². The lowest BCUT2D eigenvalue weighted by molar-refractivity contribution is -0.154. The van der Waals surface area contributed by atoms with Crippen molar-refractivity contribution in [3.8, 4) is 0 Å². The minimum atomic E-state index is -0.0594. The largest absolute Gasteiger partial charge is 0.461 e. The van der Waals surface area contributed by atoms with Gasteiger partial charge in [-0.15, -0.1) is 0 Å². The summed E-state index contributed by atoms with van der Waals surface area (Å²) in [5.41, 5.74) is 0. The summed E-state index contributed by atoms with van der Waals surface area (Å²) in [5, 5.41) is 0. The van der Waals surface area contributed by atoms with Crippen LogP contribution in [-0.4, -0.2) is 73.9 Å². The van der Waals surface area contributed by atoms with E-state index in [-0.39, 0.29) is 12.1 Å². The van der Waals surface area contributed by atoms with Crippen LogP contribution in [0.1, 0.15) is 25.7 Å². The van der Waals surface area contributed by atoms with Gasteiger partial charge in [0.25, 0.3) is 0 Å². The maximum absolute atomic E-state index is 12.0. The highest BCUT2D eigenvalue weighted by Crippen LogP contribution is 2.35. The number of piperidine rings is 1. The molecule has 3 aliphatic heterocycles. The van der Waals surface area contributed by atoms with E-state index in [1.54, 1.807) is 0 Å². The minimum Gasteiger partial charge on any atom is -0.461 e. The molecule has 0 aliphatic carbocycles. The van der Waals surface area contributed by atoms with E-state index >= 15 is 0 Å². The zero-order valence-electron chi connectivity index (χ0n) is 11.7. The van der Waals surface area contributed by atoms with Crippen molar-refractivity contribution in [3.63, 3.8) is 0 Å². The molecular formula is C14H24N2O3. The van der Waals surface area contributed by atoms with Crippen LogP contribution in [0.15, 0.2) is 0 Å². The normalized spacial score (nSPS) is 36.4. The summed E-state index contributed by atoms with van der Waals surface area (Å²) in [4.78, 5) is 16.6. The number of esters is 1. The van der Waals surface area contributed by atoms with Crippen LogP contribution < -0.4 is 0 Å². The van der Waals surface area contributed by atoms with E-state index < -0.39 is 0 Å². The van der Waals surface area contributed by atoms with E-state index in [2.05, 4.69) is 16.8 Å². The third-order valence-corrected chi connectivity index (χ3v) is 4.81. The number of morpholine rings is 1. The third kappa shape index (κ3) is 3.09. The number of nitrogens with zero attached hydrogens (tertiary/aromatic N) is 2. The lowest BCUT2D eigenvalue weighted by Gasteiger charge is -2.36. The molecule has 0 amide bonds. The van der Waals surface area contributed by atoms with Crippen LogP contribution in [0.3, 0.4) is 0 Å². The number of hydrogen-bond donors (Lipinski definition) is 0. The molecule has 0 aromatic rings. The molecule has 0 spiro atoms. The minimum absolute atomic E-state index is 0.0594. The average molecular weight is 268 g/mol. The predicted molar refractivity (Wildman–Crippen MR) is 70.9 cm³/mol. The van der Waals surface area contributed by atoms with Crippen molar-refractivity contribution in [1.82, 2.24) is 9.80 Å². The first-order chi connectivity index (χ1) is 9.22. The van der Waals surface area contributed by atoms with Crippen molar-refractivity contribution in [2.24, 2.45) is 0 Å². The molecule has 5 heteroatoms. The summed E-state index contributed by atoms with van der Waals surface area (Å²) in [6.45, 7) is 3.56. The second-order valence-electron chi connectivity index (χ2n) is 6.02. The Labute approximate surface area is 114 Å². The fourth-order valence-corrected chi connectivity index (χ4v) is 3.62. The smallest absolute Gasteiger partial charge is 0.320 e. The van der Waals surface area contributed by atoms with Crippen LogP contribution in [-0.2, 0) is 14.3 Å². The molecule has 108 valence electrons. The zero-order chi connectivity index (χ0) is 13.2. The number of hydrogen-bond acceptors (Lipinski definition) is 5. The van der Waals surface area contributed by atoms with Crippen LogP contribution >= 0.6 is 0 Å². The van der Waals surface area contributed by atoms with Crippen LogP contribution in [0.2, 0.25) is 0 Å². The molecule has 5 nitrogen and oxygen atoms in total. The molecule has 2 bridgehead atoms. The van der Waals surface area contributed by atoms with Gasteiger partial charge >= 0.3 is 5.97 Å². The molecule has 0 unspecified atom stereocenters. The van der Waals surface area contributed by atoms with Crippen molar-refractivity contribution >= 4 is 5.97 Å². The van der Waals surface area contributed by atoms with Gasteiger partial charge in [-0.05, 0) is 32.7 Å². The van der Waals surface area contributed by atoms with Gasteiger partial charge in [-0.3, -0.25) is 9.69 Å². The molecule has 0 N–H and O–H groups in total. The molecule has 19 heavy (non-hydrogen) atoms. The summed E-state index contributed by atoms with van der Waals surface area (Å²) in [5.74, 6) is -0.0594. The zero-order valence-corrected chi connectivity index (χ0v) is 11.7. The lowest BCUT2D eigenvalue weighted by atomic mass is 10.0. The molecule has 3 fully saturated rings. The Kier molecular flexibility index (Phi) is 4.05. The van der Waals surface area contributed by atoms with E-state index in [1.807, 2.05) is 0 Å². The highest BCUT2D eigenvalue weighted by molar-refractivity contribution is 5.71. The topological polar surface area (TPSA) is 42.0 Å². The second-order valence-corrected chi connectivity index (χ2v) is 6.02. The van der Waals surface area contributed by atoms with Crippen molar-refractivity contribution in [2.75, 3.05) is 39.9 Å². The van der Waals surface area contributed by atoms with Crippen molar-refractivity contribution in [2.45, 2.75) is 43.9 Å². The number of rotatable bonds is 3. The summed E-state index contributed by atoms with van der Waals surface area (Å²) in [7, 11) is 2.20. The number of ether oxygens (including phenoxy) is 2. The molecular weight excluding hydrogens is 244 g/mol. The molecule has 0 aromatic carbocycles. The first-order valence-corrected chi connectivity index (χ1v) is 7.44. The van der Waals surface area contributed by atoms with E-state index in [4.69, 9.17) is 9.47 Å². The maximum atomic E-state index is 12.0. The van der Waals surface area contributed by atoms with Crippen LogP contribution in [0.5, 0.6) is 0 Å². The number of carbonyl (C=O) groups excluding carboxylic acids is 1. The summed E-state index contributed by atoms with van der Waals surface area (Å²) >= 11 is 0. The average Bonchev–Trinajstić information content (AvgIpc) is 2.63. The quantitative estimate of drug-likeness (QED) is 0.697. The number of fused-ring (bicyclic) bond motifs is 2. The SMILES string of the molecule is CN1[C@@H]2CC[C@@H]1CC(OC(=O)CN1CCOCC1)C2. The second kappa shape index (κ2) is 5.77. The first kappa shape index (κ1) is 13.3. The Bertz CT molecular complexity index is 317. The van der Waals surface area contributed by atoms with Gasteiger partial charge in [0.2, 0.25) is 0 Å². The Morgan fingerprint density at radius 3 is 2.47 bits per heavy atom. The molecule has 0 saturated carbocycles. The van der Waals surface area contributed by atoms with Gasteiger partial charge in [0.15, 0.2) is 0 Å². The van der Waals surface area contributed by atoms with Gasteiger partial charge in [0, 0.05) is 25.2 Å². The van der Waals surface area contributed by atoms with Gasteiger partial charge in [-0.1, -0.05) is 0 Å². The highest BCUT2D eigenvalue weighted by atomic mass is 16.5. The Morgan fingerprint density at radius 2 is 1.84 bits per heavy atom. The van der Waals surface area contributed by atoms with Crippen LogP contribution in [0.4, 0.5) is 0 Å². The molecule has 0 aromatic heterocycles. The lowest BCUT2D eigenvalue weighted by Crippen LogP contribution is -2.45. The monoisotopic (exact) mass is 268 g/mol. The van der Waals surface area contributed by atoms with Gasteiger partial charge in [0.05, 0.1) is 19.8 Å². The van der Waals surface area contributed by atoms with Gasteiger partial charge < -0.3 is 14.4 Å². The molecule has 3 saturated heterocycles. The van der Waals surface area contributed by atoms with E-state index in [0.717, 1.165) is 39.1 Å². The Morgan fingerprint density at radius 1 is 1.21 bits per heavy atom. The Hall–Kier alpha value is -0.650. The summed E-state index contributed by atoms with van der Waals surface area (Å²) in [6.07, 6.45) is 4.70. The predicted octanol–water partition coefficient (Wildman–Crippen LogP) is 0.487. The fraction of sp³-hybridized carbons (Fsp3) is 0.929. The standard InChI is InChI=1S/C14H24N2O3/c1-15-11-2-3-12(15)9-13(8-11)19-14(17)10-16-4-6-18-7-5-16/h11-13H,2-10H2,1H3/t11-,12-/m1/s1. The van der Waals surface area contributed by atoms with Crippen molar-refractivity contribution in [1.29, 1.82) is 0 Å². The van der Waals surface area contributed by atoms with E-state index in [0.29, 0.717) is 18.6 Å². The fourth-order valence-electron chi connectivity index (χ4n) is 3.62. The van der Waals surface area contributed by atoms with Crippen LogP contribution in [0.25, 0.3) is 0 Å². The van der Waals surface area contributed by atoms with Crippen LogP contribution in [0, 0.1) is 0 Å². The third-order valence-electron chi connectivity index (χ3n) is 4.81. The summed E-state index contributed by atoms with van der Waals surface area (Å²) < 4.78 is 11.0. The molecule has 0 radical (unpaired) electrons. The van der Waals surface area contributed by atoms with E-state index in [1.165, 1.54) is 12.8 Å². The van der Waals surface area contributed by atoms with Crippen molar-refractivity contribution in [3.05, 3.63) is 0 Å². The maximum Gasteiger partial charge on any atom is 0.320 e. The Balaban J connectivity index is 1.45. The first-order valence-electron chi connectivity index (χ1n) is 7.44. The summed E-state index contributed by atoms with van der Waals surface area (Å²) in [6, 6.07) is 1.25. The molecule has 3 heterocycles. The molecule has 2 atom stereocenters. The highest BCUT2D eigenvalue weighted by Gasteiger charge is 2.39.